The van der Waals surface area contributed by atoms with Crippen molar-refractivity contribution < 1.29 is 5.48 Å². The standard InChI is InChI=1S/C20H28N4O2/c1-3-5-23-16-15(17(25)24(6-4-2)19(23)26)21-18(22-16)20-10-12-7-13(11-20)9-14(20)8-12/h12-14H,3-11H2,1-2H3,(H,21,22)/t12-,13+,14?,20?/i3D2,4D2. The summed E-state index contributed by atoms with van der Waals surface area (Å²) in [7, 11) is 0. The number of hydrogen-bond donors (Lipinski definition) is 1. The largest absolute Gasteiger partial charge is 0.336 e. The summed E-state index contributed by atoms with van der Waals surface area (Å²) >= 11 is 0. The number of aromatic amines is 1. The van der Waals surface area contributed by atoms with Gasteiger partial charge >= 0.3 is 5.69 Å². The summed E-state index contributed by atoms with van der Waals surface area (Å²) < 4.78 is 33.7. The Morgan fingerprint density at radius 1 is 1.12 bits per heavy atom. The van der Waals surface area contributed by atoms with E-state index in [9.17, 15) is 9.59 Å². The predicted molar refractivity (Wildman–Crippen MR) is 100 cm³/mol. The molecular weight excluding hydrogens is 328 g/mol. The zero-order valence-corrected chi connectivity index (χ0v) is 15.3. The van der Waals surface area contributed by atoms with Gasteiger partial charge in [0, 0.05) is 24.0 Å². The van der Waals surface area contributed by atoms with Crippen molar-refractivity contribution in [3.63, 3.8) is 0 Å². The van der Waals surface area contributed by atoms with Crippen LogP contribution in [0.4, 0.5) is 0 Å². The summed E-state index contributed by atoms with van der Waals surface area (Å²) in [5.74, 6) is 2.70. The minimum atomic E-state index is -1.76. The molecule has 0 saturated heterocycles. The summed E-state index contributed by atoms with van der Waals surface area (Å²) in [5.41, 5.74) is -0.994. The zero-order chi connectivity index (χ0) is 21.6. The number of imidazole rings is 1. The quantitative estimate of drug-likeness (QED) is 0.891. The lowest BCUT2D eigenvalue weighted by Gasteiger charge is -2.30. The van der Waals surface area contributed by atoms with Crippen LogP contribution in [-0.2, 0) is 18.5 Å². The molecule has 1 N–H and O–H groups in total. The van der Waals surface area contributed by atoms with E-state index in [2.05, 4.69) is 4.98 Å². The minimum absolute atomic E-state index is 0.0741. The van der Waals surface area contributed by atoms with Crippen LogP contribution >= 0.6 is 0 Å². The van der Waals surface area contributed by atoms with Gasteiger partial charge in [-0.1, -0.05) is 13.8 Å². The van der Waals surface area contributed by atoms with E-state index in [4.69, 9.17) is 10.5 Å². The third kappa shape index (κ3) is 2.01. The van der Waals surface area contributed by atoms with Crippen molar-refractivity contribution in [1.29, 1.82) is 0 Å². The van der Waals surface area contributed by atoms with Gasteiger partial charge in [-0.3, -0.25) is 13.9 Å². The lowest BCUT2D eigenvalue weighted by atomic mass is 9.75. The number of nitrogens with zero attached hydrogens (tertiary/aromatic N) is 3. The molecule has 0 radical (unpaired) electrons. The molecule has 2 unspecified atom stereocenters. The first kappa shape index (κ1) is 12.5. The Morgan fingerprint density at radius 3 is 2.42 bits per heavy atom. The molecule has 140 valence electrons. The molecule has 0 amide bonds. The molecule has 6 rings (SSSR count). The van der Waals surface area contributed by atoms with Gasteiger partial charge in [-0.25, -0.2) is 9.78 Å². The number of aromatic nitrogens is 4. The van der Waals surface area contributed by atoms with Gasteiger partial charge < -0.3 is 4.98 Å². The highest BCUT2D eigenvalue weighted by Crippen LogP contribution is 2.65. The normalized spacial score (nSPS) is 35.5. The van der Waals surface area contributed by atoms with Crippen molar-refractivity contribution >= 4 is 11.2 Å². The van der Waals surface area contributed by atoms with Gasteiger partial charge in [0.2, 0.25) is 0 Å². The Bertz CT molecular complexity index is 1120. The molecule has 4 fully saturated rings. The summed E-state index contributed by atoms with van der Waals surface area (Å²) in [6, 6.07) is 0. The van der Waals surface area contributed by atoms with Crippen molar-refractivity contribution in [3.8, 4) is 0 Å². The van der Waals surface area contributed by atoms with Crippen molar-refractivity contribution in [2.24, 2.45) is 17.8 Å². The lowest BCUT2D eigenvalue weighted by molar-refractivity contribution is 0.262. The molecular formula is C20H28N4O2. The summed E-state index contributed by atoms with van der Waals surface area (Å²) in [4.78, 5) is 34.3. The Morgan fingerprint density at radius 2 is 1.77 bits per heavy atom. The maximum absolute atomic E-state index is 13.2. The summed E-state index contributed by atoms with van der Waals surface area (Å²) in [6.45, 7) is 2.06. The first-order valence-corrected chi connectivity index (χ1v) is 9.60. The van der Waals surface area contributed by atoms with Crippen LogP contribution in [0.15, 0.2) is 9.59 Å². The van der Waals surface area contributed by atoms with Crippen LogP contribution < -0.4 is 11.2 Å². The van der Waals surface area contributed by atoms with E-state index >= 15 is 0 Å². The molecule has 6 heteroatoms. The first-order valence-electron chi connectivity index (χ1n) is 11.6. The Balaban J connectivity index is 1.73. The van der Waals surface area contributed by atoms with Crippen LogP contribution in [0.5, 0.6) is 0 Å². The van der Waals surface area contributed by atoms with Gasteiger partial charge in [-0.2, -0.15) is 0 Å². The molecule has 2 aromatic heterocycles. The van der Waals surface area contributed by atoms with Crippen LogP contribution in [0.3, 0.4) is 0 Å². The molecule has 6 nitrogen and oxygen atoms in total. The SMILES string of the molecule is [2H]C([2H])(C)Cn1c(=O)c2[nH]c(C34C[C@@H]5CC3C[C@@H](C5)C4)nc2n(CC([2H])([2H])C)c1=O. The Labute approximate surface area is 158 Å². The van der Waals surface area contributed by atoms with Gasteiger partial charge in [0.15, 0.2) is 5.65 Å². The van der Waals surface area contributed by atoms with E-state index in [-0.39, 0.29) is 29.7 Å². The monoisotopic (exact) mass is 360 g/mol. The molecule has 0 spiro atoms. The average molecular weight is 360 g/mol. The highest BCUT2D eigenvalue weighted by molar-refractivity contribution is 5.70. The first-order chi connectivity index (χ1) is 13.9. The van der Waals surface area contributed by atoms with E-state index < -0.39 is 24.0 Å². The van der Waals surface area contributed by atoms with Crippen LogP contribution in [0.1, 0.15) is 70.0 Å². The molecule has 4 aliphatic carbocycles. The van der Waals surface area contributed by atoms with E-state index in [1.807, 2.05) is 0 Å². The van der Waals surface area contributed by atoms with Crippen LogP contribution in [0.25, 0.3) is 11.2 Å². The van der Waals surface area contributed by atoms with Crippen molar-refractivity contribution in [2.75, 3.05) is 0 Å². The number of fused-ring (bicyclic) bond motifs is 1. The van der Waals surface area contributed by atoms with Gasteiger partial charge in [0.1, 0.15) is 11.3 Å². The zero-order valence-electron chi connectivity index (χ0n) is 19.3. The highest BCUT2D eigenvalue weighted by atomic mass is 16.2. The van der Waals surface area contributed by atoms with Crippen molar-refractivity contribution in [3.05, 3.63) is 26.7 Å². The second kappa shape index (κ2) is 5.57. The molecule has 4 aliphatic rings. The van der Waals surface area contributed by atoms with Gasteiger partial charge in [-0.15, -0.1) is 0 Å². The number of nitrogens with one attached hydrogen (secondary N) is 1. The summed E-state index contributed by atoms with van der Waals surface area (Å²) in [5, 5.41) is 0. The molecule has 0 aliphatic heterocycles. The van der Waals surface area contributed by atoms with Crippen LogP contribution in [0.2, 0.25) is 0 Å². The number of hydrogen-bond acceptors (Lipinski definition) is 3. The van der Waals surface area contributed by atoms with E-state index in [1.54, 1.807) is 0 Å². The maximum atomic E-state index is 13.2. The maximum Gasteiger partial charge on any atom is 0.332 e. The molecule has 26 heavy (non-hydrogen) atoms. The van der Waals surface area contributed by atoms with Crippen molar-refractivity contribution in [2.45, 2.75) is 77.2 Å². The number of rotatable bonds is 5. The van der Waals surface area contributed by atoms with Gasteiger partial charge in [0.05, 0.1) is 0 Å². The molecule has 0 aromatic carbocycles. The molecule has 2 heterocycles. The van der Waals surface area contributed by atoms with Gasteiger partial charge in [-0.05, 0) is 62.6 Å². The smallest absolute Gasteiger partial charge is 0.332 e. The fraction of sp³-hybridized carbons (Fsp3) is 0.750. The van der Waals surface area contributed by atoms with E-state index in [0.29, 0.717) is 17.8 Å². The fourth-order valence-electron chi connectivity index (χ4n) is 6.18. The van der Waals surface area contributed by atoms with Crippen LogP contribution in [-0.4, -0.2) is 19.1 Å². The lowest BCUT2D eigenvalue weighted by Crippen LogP contribution is -2.40. The molecule has 4 saturated carbocycles. The Hall–Kier alpha value is -1.85. The third-order valence-electron chi connectivity index (χ3n) is 6.95. The van der Waals surface area contributed by atoms with E-state index in [1.165, 1.54) is 37.7 Å². The second-order valence-corrected chi connectivity index (χ2v) is 8.45. The second-order valence-electron chi connectivity index (χ2n) is 8.45. The highest BCUT2D eigenvalue weighted by Gasteiger charge is 2.59. The summed E-state index contributed by atoms with van der Waals surface area (Å²) in [6.07, 6.45) is 2.32. The minimum Gasteiger partial charge on any atom is -0.336 e. The predicted octanol–water partition coefficient (Wildman–Crippen LogP) is 2.78. The fourth-order valence-corrected chi connectivity index (χ4v) is 6.18. The van der Waals surface area contributed by atoms with Crippen molar-refractivity contribution in [1.82, 2.24) is 19.1 Å². The molecule has 4 bridgehead atoms. The molecule has 4 atom stereocenters. The number of H-pyrrole nitrogens is 1. The third-order valence-corrected chi connectivity index (χ3v) is 6.95. The topological polar surface area (TPSA) is 72.7 Å². The average Bonchev–Trinajstić information content (AvgIpc) is 3.22. The van der Waals surface area contributed by atoms with Crippen LogP contribution in [0, 0.1) is 17.8 Å². The van der Waals surface area contributed by atoms with Gasteiger partial charge in [0.25, 0.3) is 5.56 Å². The van der Waals surface area contributed by atoms with E-state index in [0.717, 1.165) is 23.2 Å². The Kier molecular flexibility index (Phi) is 2.68. The number of aryl methyl sites for hydroxylation is 1. The molecule has 2 aromatic rings.